The second-order valence-electron chi connectivity index (χ2n) is 7.87. The van der Waals surface area contributed by atoms with Gasteiger partial charge >= 0.3 is 7.75 Å². The van der Waals surface area contributed by atoms with Gasteiger partial charge in [-0.3, -0.25) is 4.67 Å². The summed E-state index contributed by atoms with van der Waals surface area (Å²) in [7, 11) is -2.97. The van der Waals surface area contributed by atoms with Crippen LogP contribution >= 0.6 is 7.75 Å². The Hall–Kier alpha value is -2.48. The average Bonchev–Trinajstić information content (AvgIpc) is 2.92. The van der Waals surface area contributed by atoms with E-state index in [9.17, 15) is 14.4 Å². The highest BCUT2D eigenvalue weighted by Gasteiger charge is 2.23. The summed E-state index contributed by atoms with van der Waals surface area (Å²) in [5, 5.41) is 8.70. The van der Waals surface area contributed by atoms with Crippen LogP contribution in [-0.2, 0) is 4.57 Å². The van der Waals surface area contributed by atoms with E-state index in [1.54, 1.807) is 25.3 Å². The lowest BCUT2D eigenvalue weighted by atomic mass is 10.1. The number of aromatic nitrogens is 4. The minimum atomic E-state index is -4.35. The SMILES string of the molecule is Cc1cc(Nc2ncc3cnn(C4CCCCCC4)c3n2)ccc1N(C)P(=O)(O)O. The number of hydrogen-bond donors (Lipinski definition) is 3. The molecule has 2 heterocycles. The Kier molecular flexibility index (Phi) is 5.77. The van der Waals surface area contributed by atoms with Crippen molar-refractivity contribution < 1.29 is 14.4 Å². The van der Waals surface area contributed by atoms with Gasteiger partial charge in [0.25, 0.3) is 0 Å². The first kappa shape index (κ1) is 20.8. The van der Waals surface area contributed by atoms with Crippen molar-refractivity contribution in [2.75, 3.05) is 17.0 Å². The number of nitrogens with one attached hydrogen (secondary N) is 1. The molecule has 2 aromatic heterocycles. The van der Waals surface area contributed by atoms with Crippen LogP contribution in [-0.4, -0.2) is 36.6 Å². The highest BCUT2D eigenvalue weighted by atomic mass is 31.2. The Morgan fingerprint density at radius 1 is 1.17 bits per heavy atom. The Morgan fingerprint density at radius 3 is 2.57 bits per heavy atom. The van der Waals surface area contributed by atoms with Crippen LogP contribution in [0.15, 0.2) is 30.6 Å². The summed E-state index contributed by atoms with van der Waals surface area (Å²) in [6.07, 6.45) is 10.8. The van der Waals surface area contributed by atoms with E-state index in [-0.39, 0.29) is 0 Å². The minimum Gasteiger partial charge on any atom is -0.324 e. The molecule has 1 aliphatic rings. The fraction of sp³-hybridized carbons (Fsp3) is 0.450. The normalized spacial score (nSPS) is 15.9. The molecule has 160 valence electrons. The predicted molar refractivity (Wildman–Crippen MR) is 117 cm³/mol. The van der Waals surface area contributed by atoms with Crippen LogP contribution in [0.2, 0.25) is 0 Å². The van der Waals surface area contributed by atoms with Gasteiger partial charge in [0, 0.05) is 24.6 Å². The van der Waals surface area contributed by atoms with Crippen LogP contribution in [0.4, 0.5) is 17.3 Å². The highest BCUT2D eigenvalue weighted by Crippen LogP contribution is 2.43. The van der Waals surface area contributed by atoms with Gasteiger partial charge in [-0.1, -0.05) is 25.7 Å². The molecule has 1 aromatic carbocycles. The molecule has 0 aliphatic heterocycles. The van der Waals surface area contributed by atoms with Crippen molar-refractivity contribution in [1.29, 1.82) is 0 Å². The van der Waals surface area contributed by atoms with Crippen molar-refractivity contribution in [1.82, 2.24) is 19.7 Å². The number of nitrogens with zero attached hydrogens (tertiary/aromatic N) is 5. The summed E-state index contributed by atoms with van der Waals surface area (Å²) in [5.74, 6) is 0.466. The first-order valence-corrected chi connectivity index (χ1v) is 11.8. The summed E-state index contributed by atoms with van der Waals surface area (Å²) in [5.41, 5.74) is 2.77. The van der Waals surface area contributed by atoms with E-state index >= 15 is 0 Å². The lowest BCUT2D eigenvalue weighted by molar-refractivity contribution is 0.371. The van der Waals surface area contributed by atoms with E-state index in [0.29, 0.717) is 17.7 Å². The van der Waals surface area contributed by atoms with Gasteiger partial charge in [-0.25, -0.2) is 14.2 Å². The van der Waals surface area contributed by atoms with Gasteiger partial charge in [0.15, 0.2) is 5.65 Å². The van der Waals surface area contributed by atoms with E-state index in [1.807, 2.05) is 16.9 Å². The van der Waals surface area contributed by atoms with Gasteiger partial charge in [-0.15, -0.1) is 0 Å². The van der Waals surface area contributed by atoms with Crippen molar-refractivity contribution in [2.24, 2.45) is 0 Å². The molecule has 0 spiro atoms. The smallest absolute Gasteiger partial charge is 0.324 e. The van der Waals surface area contributed by atoms with Gasteiger partial charge in [0.05, 0.1) is 17.6 Å². The Labute approximate surface area is 175 Å². The van der Waals surface area contributed by atoms with Crippen LogP contribution in [0.1, 0.15) is 50.1 Å². The maximum absolute atomic E-state index is 11.5. The predicted octanol–water partition coefficient (Wildman–Crippen LogP) is 4.30. The maximum Gasteiger partial charge on any atom is 0.429 e. The number of anilines is 3. The Bertz CT molecular complexity index is 1090. The van der Waals surface area contributed by atoms with Crippen LogP contribution in [0.5, 0.6) is 0 Å². The molecule has 0 radical (unpaired) electrons. The molecular formula is C20H27N6O3P. The van der Waals surface area contributed by atoms with Gasteiger partial charge < -0.3 is 15.1 Å². The topological polar surface area (TPSA) is 116 Å². The van der Waals surface area contributed by atoms with E-state index in [0.717, 1.165) is 39.8 Å². The zero-order valence-electron chi connectivity index (χ0n) is 17.2. The van der Waals surface area contributed by atoms with Crippen molar-refractivity contribution in [3.05, 3.63) is 36.2 Å². The second-order valence-corrected chi connectivity index (χ2v) is 9.50. The first-order valence-electron chi connectivity index (χ1n) is 10.2. The molecule has 0 saturated heterocycles. The molecule has 30 heavy (non-hydrogen) atoms. The fourth-order valence-corrected chi connectivity index (χ4v) is 4.54. The Morgan fingerprint density at radius 2 is 1.90 bits per heavy atom. The van der Waals surface area contributed by atoms with Crippen molar-refractivity contribution in [2.45, 2.75) is 51.5 Å². The number of benzene rings is 1. The molecule has 4 rings (SSSR count). The summed E-state index contributed by atoms with van der Waals surface area (Å²) in [6, 6.07) is 5.62. The van der Waals surface area contributed by atoms with Crippen LogP contribution in [0.3, 0.4) is 0 Å². The summed E-state index contributed by atoms with van der Waals surface area (Å²) in [4.78, 5) is 27.9. The third-order valence-corrected chi connectivity index (χ3v) is 6.69. The third kappa shape index (κ3) is 4.33. The van der Waals surface area contributed by atoms with Crippen molar-refractivity contribution in [3.8, 4) is 0 Å². The second kappa shape index (κ2) is 8.34. The van der Waals surface area contributed by atoms with E-state index in [2.05, 4.69) is 15.4 Å². The summed E-state index contributed by atoms with van der Waals surface area (Å²) >= 11 is 0. The zero-order valence-corrected chi connectivity index (χ0v) is 18.1. The monoisotopic (exact) mass is 430 g/mol. The third-order valence-electron chi connectivity index (χ3n) is 5.70. The molecular weight excluding hydrogens is 403 g/mol. The lowest BCUT2D eigenvalue weighted by Crippen LogP contribution is -2.14. The molecule has 1 saturated carbocycles. The van der Waals surface area contributed by atoms with Crippen molar-refractivity contribution in [3.63, 3.8) is 0 Å². The fourth-order valence-electron chi connectivity index (χ4n) is 4.03. The molecule has 3 aromatic rings. The van der Waals surface area contributed by atoms with E-state index in [4.69, 9.17) is 4.98 Å². The van der Waals surface area contributed by atoms with Crippen LogP contribution in [0.25, 0.3) is 11.0 Å². The number of fused-ring (bicyclic) bond motifs is 1. The first-order chi connectivity index (χ1) is 14.3. The molecule has 1 aliphatic carbocycles. The molecule has 9 nitrogen and oxygen atoms in total. The molecule has 3 N–H and O–H groups in total. The van der Waals surface area contributed by atoms with Crippen molar-refractivity contribution >= 4 is 36.1 Å². The molecule has 1 fully saturated rings. The molecule has 0 unspecified atom stereocenters. The number of aryl methyl sites for hydroxylation is 1. The Balaban J connectivity index is 1.59. The van der Waals surface area contributed by atoms with Gasteiger partial charge in [-0.05, 0) is 43.5 Å². The lowest BCUT2D eigenvalue weighted by Gasteiger charge is -2.22. The number of rotatable bonds is 5. The largest absolute Gasteiger partial charge is 0.429 e. The standard InChI is InChI=1S/C20H27N6O3P/c1-14-11-16(9-10-18(14)25(2)30(27,28)29)23-20-21-12-15-13-22-26(19(15)24-20)17-7-5-3-4-6-8-17/h9-13,17H,3-8H2,1-2H3,(H,21,23,24)(H2,27,28,29). The number of hydrogen-bond acceptors (Lipinski definition) is 5. The average molecular weight is 430 g/mol. The molecule has 0 bridgehead atoms. The summed E-state index contributed by atoms with van der Waals surface area (Å²) in [6.45, 7) is 1.80. The molecule has 10 heteroatoms. The zero-order chi connectivity index (χ0) is 21.3. The van der Waals surface area contributed by atoms with E-state index in [1.165, 1.54) is 32.7 Å². The minimum absolute atomic E-state index is 0.373. The maximum atomic E-state index is 11.5. The van der Waals surface area contributed by atoms with Gasteiger partial charge in [0.1, 0.15) is 0 Å². The summed E-state index contributed by atoms with van der Waals surface area (Å²) < 4.78 is 14.5. The van der Waals surface area contributed by atoms with Crippen LogP contribution in [0, 0.1) is 6.92 Å². The van der Waals surface area contributed by atoms with E-state index < -0.39 is 7.75 Å². The highest BCUT2D eigenvalue weighted by molar-refractivity contribution is 7.53. The van der Waals surface area contributed by atoms with Crippen LogP contribution < -0.4 is 9.99 Å². The quantitative estimate of drug-likeness (QED) is 0.405. The molecule has 0 atom stereocenters. The molecule has 0 amide bonds. The van der Waals surface area contributed by atoms with Gasteiger partial charge in [0.2, 0.25) is 5.95 Å². The van der Waals surface area contributed by atoms with Gasteiger partial charge in [-0.2, -0.15) is 10.1 Å².